The average molecular weight is 1230 g/mol. The largest absolute Gasteiger partial charge is 0.462 e. The summed E-state index contributed by atoms with van der Waals surface area (Å²) in [6.45, 7) is 12.1. The summed E-state index contributed by atoms with van der Waals surface area (Å²) >= 11 is 0. The molecular formula is C72H124O15. The number of carbonyl (C=O) groups excluding carboxylic acids is 6. The van der Waals surface area contributed by atoms with E-state index >= 15 is 0 Å². The number of allylic oxidation sites excluding steroid dienone is 6. The van der Waals surface area contributed by atoms with Crippen LogP contribution in [-0.2, 0) is 71.4 Å². The molecule has 0 aromatic rings. The summed E-state index contributed by atoms with van der Waals surface area (Å²) in [6, 6.07) is 0. The molecule has 6 atom stereocenters. The molecule has 3 heterocycles. The lowest BCUT2D eigenvalue weighted by Crippen LogP contribution is -2.30. The molecule has 3 fully saturated rings. The molecule has 3 aliphatic rings. The number of epoxide rings is 3. The number of hydrogen-bond acceptors (Lipinski definition) is 15. The molecule has 0 aromatic heterocycles. The maximum atomic E-state index is 12.6. The van der Waals surface area contributed by atoms with Gasteiger partial charge in [0.1, 0.15) is 26.4 Å². The van der Waals surface area contributed by atoms with Crippen LogP contribution in [-0.4, -0.2) is 111 Å². The van der Waals surface area contributed by atoms with Crippen LogP contribution in [0.2, 0.25) is 0 Å². The summed E-state index contributed by atoms with van der Waals surface area (Å²) < 4.78 is 49.2. The normalized spacial score (nSPS) is 19.1. The van der Waals surface area contributed by atoms with Crippen molar-refractivity contribution in [2.75, 3.05) is 26.4 Å². The first-order chi connectivity index (χ1) is 42.3. The highest BCUT2D eigenvalue weighted by Gasteiger charge is 2.34. The molecule has 502 valence electrons. The molecule has 0 bridgehead atoms. The minimum atomic E-state index is -0.787. The first-order valence-electron chi connectivity index (χ1n) is 35.2. The second kappa shape index (κ2) is 54.8. The molecule has 0 radical (unpaired) electrons. The van der Waals surface area contributed by atoms with Crippen LogP contribution >= 0.6 is 0 Å². The Bertz CT molecular complexity index is 1760. The second-order valence-electron chi connectivity index (χ2n) is 24.6. The van der Waals surface area contributed by atoms with Gasteiger partial charge in [0.15, 0.2) is 12.2 Å². The molecular weight excluding hydrogens is 1100 g/mol. The van der Waals surface area contributed by atoms with E-state index in [1.807, 2.05) is 20.8 Å². The van der Waals surface area contributed by atoms with Gasteiger partial charge >= 0.3 is 35.8 Å². The van der Waals surface area contributed by atoms with Gasteiger partial charge in [0.05, 0.1) is 36.6 Å². The monoisotopic (exact) mass is 1230 g/mol. The topological polar surface area (TPSA) is 195 Å². The van der Waals surface area contributed by atoms with E-state index in [-0.39, 0.29) is 62.2 Å². The molecule has 15 nitrogen and oxygen atoms in total. The van der Waals surface area contributed by atoms with E-state index in [0.717, 1.165) is 212 Å². The molecule has 0 aliphatic carbocycles. The average Bonchev–Trinajstić information content (AvgIpc) is 3.46. The van der Waals surface area contributed by atoms with Crippen molar-refractivity contribution in [3.63, 3.8) is 0 Å². The van der Waals surface area contributed by atoms with E-state index < -0.39 is 12.2 Å². The van der Waals surface area contributed by atoms with Gasteiger partial charge in [-0.1, -0.05) is 171 Å². The Labute approximate surface area is 528 Å². The molecule has 0 spiro atoms. The van der Waals surface area contributed by atoms with Crippen molar-refractivity contribution in [1.29, 1.82) is 0 Å². The van der Waals surface area contributed by atoms with Crippen LogP contribution in [0.4, 0.5) is 0 Å². The number of esters is 6. The fourth-order valence-electron chi connectivity index (χ4n) is 10.5. The van der Waals surface area contributed by atoms with Gasteiger partial charge in [0.25, 0.3) is 0 Å². The maximum absolute atomic E-state index is 12.6. The lowest BCUT2D eigenvalue weighted by molar-refractivity contribution is -0.167. The lowest BCUT2D eigenvalue weighted by Gasteiger charge is -2.18. The maximum Gasteiger partial charge on any atom is 0.306 e. The van der Waals surface area contributed by atoms with Crippen LogP contribution in [0.15, 0.2) is 36.5 Å². The van der Waals surface area contributed by atoms with E-state index in [9.17, 15) is 28.8 Å². The first kappa shape index (κ1) is 79.0. The molecule has 0 aromatic carbocycles. The molecule has 3 unspecified atom stereocenters. The van der Waals surface area contributed by atoms with E-state index in [0.29, 0.717) is 75.1 Å². The quantitative estimate of drug-likeness (QED) is 0.0183. The lowest BCUT2D eigenvalue weighted by atomic mass is 10.1. The minimum absolute atomic E-state index is 0.0850. The number of carbonyl (C=O) groups is 6. The Hall–Kier alpha value is -4.08. The number of hydrogen-bond donors (Lipinski definition) is 0. The summed E-state index contributed by atoms with van der Waals surface area (Å²) in [5, 5.41) is 0. The van der Waals surface area contributed by atoms with Crippen molar-refractivity contribution < 1.29 is 71.4 Å². The highest BCUT2D eigenvalue weighted by atomic mass is 16.6. The summed E-state index contributed by atoms with van der Waals surface area (Å²) in [5.41, 5.74) is 0. The molecule has 3 rings (SSSR count). The van der Waals surface area contributed by atoms with Crippen LogP contribution in [0.25, 0.3) is 0 Å². The van der Waals surface area contributed by atoms with Gasteiger partial charge in [-0.3, -0.25) is 28.8 Å². The third-order valence-electron chi connectivity index (χ3n) is 16.4. The molecule has 0 N–H and O–H groups in total. The molecule has 3 aliphatic heterocycles. The highest BCUT2D eigenvalue weighted by Crippen LogP contribution is 2.29. The van der Waals surface area contributed by atoms with Crippen molar-refractivity contribution in [3.05, 3.63) is 36.5 Å². The second-order valence-corrected chi connectivity index (χ2v) is 24.6. The van der Waals surface area contributed by atoms with E-state index in [1.165, 1.54) is 19.3 Å². The summed E-state index contributed by atoms with van der Waals surface area (Å²) in [4.78, 5) is 74.3. The predicted molar refractivity (Wildman–Crippen MR) is 345 cm³/mol. The van der Waals surface area contributed by atoms with Gasteiger partial charge in [-0.2, -0.15) is 0 Å². The van der Waals surface area contributed by atoms with Crippen LogP contribution in [0, 0.1) is 0 Å². The molecule has 0 amide bonds. The highest BCUT2D eigenvalue weighted by molar-refractivity contribution is 5.72. The smallest absolute Gasteiger partial charge is 0.306 e. The van der Waals surface area contributed by atoms with Gasteiger partial charge in [-0.25, -0.2) is 0 Å². The molecule has 0 saturated carbocycles. The zero-order valence-electron chi connectivity index (χ0n) is 55.7. The minimum Gasteiger partial charge on any atom is -0.462 e. The number of ether oxygens (including phenoxy) is 9. The number of unbranched alkanes of at least 4 members (excludes halogenated alkanes) is 27. The zero-order valence-corrected chi connectivity index (χ0v) is 55.7. The summed E-state index contributed by atoms with van der Waals surface area (Å²) in [7, 11) is 0. The molecule has 87 heavy (non-hydrogen) atoms. The predicted octanol–water partition coefficient (Wildman–Crippen LogP) is 17.4. The summed E-state index contributed by atoms with van der Waals surface area (Å²) in [6.07, 6.45) is 53.5. The molecule has 3 saturated heterocycles. The Balaban J connectivity index is 0.000000596. The van der Waals surface area contributed by atoms with Crippen LogP contribution in [0.3, 0.4) is 0 Å². The Morgan fingerprint density at radius 1 is 0.299 bits per heavy atom. The van der Waals surface area contributed by atoms with Crippen molar-refractivity contribution >= 4 is 35.8 Å². The van der Waals surface area contributed by atoms with E-state index in [2.05, 4.69) is 57.2 Å². The van der Waals surface area contributed by atoms with Crippen LogP contribution in [0.5, 0.6) is 0 Å². The standard InChI is InChI=1S/C36H62O9.C36H62O6/c1-27-31(42-27)19-13-7-4-10-16-22-34(37)40-25-30(45-36(39)24-18-12-6-9-15-21-33-29(3)44-33)26-41-35(38)23-17-11-5-8-14-20-32-28(2)43-32;1-4-7-10-13-16-19-22-25-28-34(37)40-31-33(42-36(39)30-27-24-21-18-15-12-9-6-3)32-41-35(38)29-26-23-20-17-14-11-8-5-2/h27-33H,4-26H2,1-3H3;4-9,33H,10-32H2,1-3H3/t27-,28-,29-,30?,31?,32?,33?;/m0./s1. The van der Waals surface area contributed by atoms with E-state index in [1.54, 1.807) is 0 Å². The van der Waals surface area contributed by atoms with Crippen molar-refractivity contribution in [2.24, 2.45) is 0 Å². The summed E-state index contributed by atoms with van der Waals surface area (Å²) in [5.74, 6) is -1.90. The van der Waals surface area contributed by atoms with Crippen molar-refractivity contribution in [1.82, 2.24) is 0 Å². The SMILES string of the molecule is CC=CCCCCCCCC(=O)OCC(COC(=O)CCCCCCCC=CC)OC(=O)CCCCCCCC=CC.C[C@@H]1OC1CCCCCCCC(=O)OCC(COC(=O)CCCCCCCC1O[C@H]1C)OC(=O)CCCCCCCC1O[C@H]1C. The van der Waals surface area contributed by atoms with Crippen molar-refractivity contribution in [2.45, 2.75) is 360 Å². The number of rotatable bonds is 58. The molecule has 15 heteroatoms. The van der Waals surface area contributed by atoms with Gasteiger partial charge in [0, 0.05) is 38.5 Å². The third-order valence-corrected chi connectivity index (χ3v) is 16.4. The Morgan fingerprint density at radius 3 is 0.713 bits per heavy atom. The Morgan fingerprint density at radius 2 is 0.494 bits per heavy atom. The van der Waals surface area contributed by atoms with Gasteiger partial charge in [-0.05, 0) is 138 Å². The van der Waals surface area contributed by atoms with Crippen molar-refractivity contribution in [3.8, 4) is 0 Å². The fourth-order valence-corrected chi connectivity index (χ4v) is 10.5. The van der Waals surface area contributed by atoms with Crippen LogP contribution in [0.1, 0.15) is 311 Å². The van der Waals surface area contributed by atoms with Gasteiger partial charge in [0.2, 0.25) is 0 Å². The fraction of sp³-hybridized carbons (Fsp3) is 0.833. The third kappa shape index (κ3) is 50.4. The van der Waals surface area contributed by atoms with Gasteiger partial charge in [-0.15, -0.1) is 0 Å². The van der Waals surface area contributed by atoms with Crippen LogP contribution < -0.4 is 0 Å². The van der Waals surface area contributed by atoms with Gasteiger partial charge < -0.3 is 42.6 Å². The zero-order chi connectivity index (χ0) is 63.2. The first-order valence-corrected chi connectivity index (χ1v) is 35.2. The van der Waals surface area contributed by atoms with E-state index in [4.69, 9.17) is 42.6 Å². The Kier molecular flexibility index (Phi) is 49.8.